The smallest absolute Gasteiger partial charge is 0.251 e. The number of hydrogen-bond donors (Lipinski definition) is 3. The van der Waals surface area contributed by atoms with Crippen LogP contribution in [0.25, 0.3) is 0 Å². The Morgan fingerprint density at radius 2 is 2.50 bits per heavy atom. The van der Waals surface area contributed by atoms with Gasteiger partial charge in [0.15, 0.2) is 0 Å². The third-order valence-electron chi connectivity index (χ3n) is 2.43. The van der Waals surface area contributed by atoms with Crippen molar-refractivity contribution in [1.82, 2.24) is 10.7 Å². The lowest BCUT2D eigenvalue weighted by atomic mass is 10.2. The number of amides is 1. The summed E-state index contributed by atoms with van der Waals surface area (Å²) in [6.07, 6.45) is 1.20. The average molecular weight is 141 g/mol. The minimum Gasteiger partial charge on any atom is -0.305 e. The minimum atomic E-state index is -0.0648. The number of hydrogen-bond acceptors (Lipinski definition) is 3. The molecule has 3 atom stereocenters. The Hall–Kier alpha value is -0.610. The summed E-state index contributed by atoms with van der Waals surface area (Å²) in [6, 6.07) is -0.00463. The number of hydrazine groups is 1. The van der Waals surface area contributed by atoms with Gasteiger partial charge in [-0.2, -0.15) is 0 Å². The lowest BCUT2D eigenvalue weighted by Crippen LogP contribution is -2.45. The molecule has 2 aliphatic rings. The zero-order valence-corrected chi connectivity index (χ0v) is 5.63. The molecule has 0 unspecified atom stereocenters. The lowest BCUT2D eigenvalue weighted by molar-refractivity contribution is -0.123. The molecular formula is C6H11N3O. The topological polar surface area (TPSA) is 67.1 Å². The van der Waals surface area contributed by atoms with E-state index in [1.165, 1.54) is 6.42 Å². The van der Waals surface area contributed by atoms with E-state index < -0.39 is 0 Å². The van der Waals surface area contributed by atoms with E-state index in [1.807, 2.05) is 0 Å². The molecule has 1 saturated carbocycles. The van der Waals surface area contributed by atoms with Crippen molar-refractivity contribution in [2.24, 2.45) is 17.7 Å². The monoisotopic (exact) mass is 141 g/mol. The van der Waals surface area contributed by atoms with Crippen molar-refractivity contribution in [3.63, 3.8) is 0 Å². The quantitative estimate of drug-likeness (QED) is 0.238. The van der Waals surface area contributed by atoms with Gasteiger partial charge < -0.3 is 5.32 Å². The first-order chi connectivity index (χ1) is 4.83. The van der Waals surface area contributed by atoms with Crippen LogP contribution < -0.4 is 16.6 Å². The van der Waals surface area contributed by atoms with Crippen LogP contribution in [-0.2, 0) is 4.79 Å². The van der Waals surface area contributed by atoms with Gasteiger partial charge in [0, 0.05) is 0 Å². The molecule has 1 aliphatic heterocycles. The van der Waals surface area contributed by atoms with Gasteiger partial charge in [0.25, 0.3) is 5.91 Å². The zero-order chi connectivity index (χ0) is 7.14. The van der Waals surface area contributed by atoms with Gasteiger partial charge >= 0.3 is 0 Å². The van der Waals surface area contributed by atoms with Gasteiger partial charge in [0.05, 0.1) is 6.04 Å². The van der Waals surface area contributed by atoms with E-state index >= 15 is 0 Å². The van der Waals surface area contributed by atoms with Gasteiger partial charge in [-0.05, 0) is 24.8 Å². The van der Waals surface area contributed by atoms with Gasteiger partial charge in [0.1, 0.15) is 0 Å². The van der Waals surface area contributed by atoms with Crippen molar-refractivity contribution in [2.45, 2.75) is 12.5 Å². The first kappa shape index (κ1) is 6.12. The Kier molecular flexibility index (Phi) is 1.18. The molecule has 0 spiro atoms. The van der Waals surface area contributed by atoms with E-state index in [0.717, 1.165) is 12.5 Å². The van der Waals surface area contributed by atoms with E-state index in [2.05, 4.69) is 10.7 Å². The first-order valence-corrected chi connectivity index (χ1v) is 3.57. The number of fused-ring (bicyclic) bond motifs is 1. The highest BCUT2D eigenvalue weighted by Gasteiger charge is 2.50. The maximum atomic E-state index is 11.0. The molecule has 2 fully saturated rings. The number of carbonyl (C=O) groups excluding carboxylic acids is 1. The Balaban J connectivity index is 1.98. The summed E-state index contributed by atoms with van der Waals surface area (Å²) < 4.78 is 0. The molecule has 0 bridgehead atoms. The summed E-state index contributed by atoms with van der Waals surface area (Å²) in [4.78, 5) is 11.0. The predicted octanol–water partition coefficient (Wildman–Crippen LogP) is -1.42. The van der Waals surface area contributed by atoms with Gasteiger partial charge in [-0.1, -0.05) is 0 Å². The van der Waals surface area contributed by atoms with Crippen molar-refractivity contribution in [3.05, 3.63) is 0 Å². The van der Waals surface area contributed by atoms with E-state index in [0.29, 0.717) is 5.92 Å². The molecule has 0 aromatic carbocycles. The van der Waals surface area contributed by atoms with E-state index in [4.69, 9.17) is 5.84 Å². The Morgan fingerprint density at radius 3 is 2.90 bits per heavy atom. The Bertz CT molecular complexity index is 170. The summed E-state index contributed by atoms with van der Waals surface area (Å²) in [5.41, 5.74) is 2.16. The van der Waals surface area contributed by atoms with Crippen LogP contribution in [0.4, 0.5) is 0 Å². The second-order valence-electron chi connectivity index (χ2n) is 3.05. The van der Waals surface area contributed by atoms with Gasteiger partial charge in [-0.25, -0.2) is 5.84 Å². The van der Waals surface area contributed by atoms with Crippen molar-refractivity contribution >= 4 is 5.91 Å². The Morgan fingerprint density at radius 1 is 1.70 bits per heavy atom. The summed E-state index contributed by atoms with van der Waals surface area (Å²) in [7, 11) is 0. The number of carbonyl (C=O) groups is 1. The average Bonchev–Trinajstić information content (AvgIpc) is 2.62. The standard InChI is InChI=1S/C6H11N3O/c7-9-6(10)5-4-1-3(4)2-8-5/h3-5,8H,1-2,7H2,(H,9,10)/t3-,4-,5-/m1/s1. The summed E-state index contributed by atoms with van der Waals surface area (Å²) in [5.74, 6) is 6.25. The Labute approximate surface area is 59.1 Å². The molecule has 0 aromatic rings. The summed E-state index contributed by atoms with van der Waals surface area (Å²) in [5, 5.41) is 3.11. The van der Waals surface area contributed by atoms with Crippen molar-refractivity contribution in [2.75, 3.05) is 6.54 Å². The SMILES string of the molecule is NNC(=O)[C@@H]1NC[C@H]2C[C@H]21. The summed E-state index contributed by atoms with van der Waals surface area (Å²) in [6.45, 7) is 0.989. The molecular weight excluding hydrogens is 130 g/mol. The molecule has 4 heteroatoms. The van der Waals surface area contributed by atoms with Crippen LogP contribution in [0.1, 0.15) is 6.42 Å². The zero-order valence-electron chi connectivity index (χ0n) is 5.63. The number of rotatable bonds is 1. The van der Waals surface area contributed by atoms with Crippen molar-refractivity contribution < 1.29 is 4.79 Å². The van der Waals surface area contributed by atoms with Crippen LogP contribution in [0.3, 0.4) is 0 Å². The first-order valence-electron chi connectivity index (χ1n) is 3.57. The van der Waals surface area contributed by atoms with Gasteiger partial charge in [0.2, 0.25) is 0 Å². The maximum Gasteiger partial charge on any atom is 0.251 e. The second kappa shape index (κ2) is 1.93. The van der Waals surface area contributed by atoms with Crippen LogP contribution in [0, 0.1) is 11.8 Å². The third kappa shape index (κ3) is 0.726. The molecule has 4 nitrogen and oxygen atoms in total. The van der Waals surface area contributed by atoms with Crippen LogP contribution in [-0.4, -0.2) is 18.5 Å². The molecule has 1 amide bonds. The number of nitrogens with two attached hydrogens (primary N) is 1. The maximum absolute atomic E-state index is 11.0. The van der Waals surface area contributed by atoms with Crippen molar-refractivity contribution in [1.29, 1.82) is 0 Å². The molecule has 1 heterocycles. The molecule has 1 saturated heterocycles. The number of nitrogens with one attached hydrogen (secondary N) is 2. The second-order valence-corrected chi connectivity index (χ2v) is 3.05. The highest BCUT2D eigenvalue weighted by molar-refractivity contribution is 5.82. The fourth-order valence-corrected chi connectivity index (χ4v) is 1.72. The molecule has 2 rings (SSSR count). The summed E-state index contributed by atoms with van der Waals surface area (Å²) >= 11 is 0. The molecule has 1 aliphatic carbocycles. The van der Waals surface area contributed by atoms with Crippen LogP contribution >= 0.6 is 0 Å². The van der Waals surface area contributed by atoms with E-state index in [1.54, 1.807) is 0 Å². The minimum absolute atomic E-state index is 0.00463. The fraction of sp³-hybridized carbons (Fsp3) is 0.833. The highest BCUT2D eigenvalue weighted by Crippen LogP contribution is 2.44. The van der Waals surface area contributed by atoms with Gasteiger partial charge in [-0.15, -0.1) is 0 Å². The normalized spacial score (nSPS) is 42.7. The third-order valence-corrected chi connectivity index (χ3v) is 2.43. The molecule has 10 heavy (non-hydrogen) atoms. The van der Waals surface area contributed by atoms with Crippen molar-refractivity contribution in [3.8, 4) is 0 Å². The largest absolute Gasteiger partial charge is 0.305 e. The van der Waals surface area contributed by atoms with Crippen LogP contribution in [0.5, 0.6) is 0 Å². The molecule has 56 valence electrons. The lowest BCUT2D eigenvalue weighted by Gasteiger charge is -2.09. The molecule has 0 aromatic heterocycles. The van der Waals surface area contributed by atoms with E-state index in [-0.39, 0.29) is 11.9 Å². The molecule has 4 N–H and O–H groups in total. The van der Waals surface area contributed by atoms with Crippen LogP contribution in [0.15, 0.2) is 0 Å². The molecule has 0 radical (unpaired) electrons. The number of piperidine rings is 1. The fourth-order valence-electron chi connectivity index (χ4n) is 1.72. The van der Waals surface area contributed by atoms with Crippen LogP contribution in [0.2, 0.25) is 0 Å². The van der Waals surface area contributed by atoms with E-state index in [9.17, 15) is 4.79 Å². The highest BCUT2D eigenvalue weighted by atomic mass is 16.2. The predicted molar refractivity (Wildman–Crippen MR) is 35.7 cm³/mol. The van der Waals surface area contributed by atoms with Gasteiger partial charge in [-0.3, -0.25) is 10.2 Å².